The van der Waals surface area contributed by atoms with Crippen LogP contribution in [0.1, 0.15) is 29.5 Å². The quantitative estimate of drug-likeness (QED) is 0.315. The molecule has 31 heavy (non-hydrogen) atoms. The second kappa shape index (κ2) is 12.9. The van der Waals surface area contributed by atoms with Gasteiger partial charge in [0.15, 0.2) is 5.96 Å². The van der Waals surface area contributed by atoms with Crippen LogP contribution in [0, 0.1) is 12.7 Å². The second-order valence-electron chi connectivity index (χ2n) is 7.87. The Balaban J connectivity index is 0.00000341. The highest BCUT2D eigenvalue weighted by atomic mass is 127. The average molecular weight is 540 g/mol. The lowest BCUT2D eigenvalue weighted by Gasteiger charge is -2.33. The third kappa shape index (κ3) is 7.96. The van der Waals surface area contributed by atoms with Crippen molar-refractivity contribution in [2.75, 3.05) is 33.8 Å². The molecule has 1 aliphatic heterocycles. The van der Waals surface area contributed by atoms with E-state index >= 15 is 0 Å². The van der Waals surface area contributed by atoms with Gasteiger partial charge in [0, 0.05) is 39.3 Å². The Morgan fingerprint density at radius 3 is 2.45 bits per heavy atom. The van der Waals surface area contributed by atoms with Crippen LogP contribution in [0.4, 0.5) is 4.39 Å². The van der Waals surface area contributed by atoms with Gasteiger partial charge in [0.1, 0.15) is 11.6 Å². The van der Waals surface area contributed by atoms with E-state index in [1.165, 1.54) is 17.7 Å². The molecule has 3 rings (SSSR count). The predicted octanol–water partition coefficient (Wildman–Crippen LogP) is 4.13. The lowest BCUT2D eigenvalue weighted by Crippen LogP contribution is -2.48. The van der Waals surface area contributed by atoms with E-state index in [9.17, 15) is 4.39 Å². The number of halogens is 2. The molecule has 0 spiro atoms. The molecule has 170 valence electrons. The fourth-order valence-electron chi connectivity index (χ4n) is 3.82. The van der Waals surface area contributed by atoms with E-state index < -0.39 is 0 Å². The SMILES string of the molecule is CN=C(NCCc1ccc(C)c(OC)c1)NC1CCN(Cc2ccc(F)cc2)CC1.I. The fourth-order valence-corrected chi connectivity index (χ4v) is 3.82. The smallest absolute Gasteiger partial charge is 0.191 e. The molecule has 1 fully saturated rings. The minimum atomic E-state index is -0.179. The summed E-state index contributed by atoms with van der Waals surface area (Å²) in [6.45, 7) is 5.79. The number of guanidine groups is 1. The molecule has 2 aromatic carbocycles. The standard InChI is InChI=1S/C24H33FN4O.HI/c1-18-4-5-19(16-23(18)30-3)10-13-27-24(26-2)28-22-11-14-29(15-12-22)17-20-6-8-21(25)9-7-20;/h4-9,16,22H,10-15,17H2,1-3H3,(H2,26,27,28);1H. The molecule has 0 bridgehead atoms. The number of aliphatic imine (C=N–C) groups is 1. The maximum Gasteiger partial charge on any atom is 0.191 e. The van der Waals surface area contributed by atoms with Crippen molar-refractivity contribution in [1.29, 1.82) is 0 Å². The zero-order chi connectivity index (χ0) is 21.3. The van der Waals surface area contributed by atoms with Gasteiger partial charge in [-0.15, -0.1) is 24.0 Å². The molecule has 1 heterocycles. The molecule has 7 heteroatoms. The number of likely N-dealkylation sites (tertiary alicyclic amines) is 1. The number of nitrogens with zero attached hydrogens (tertiary/aromatic N) is 2. The van der Waals surface area contributed by atoms with Crippen LogP contribution in [0.15, 0.2) is 47.5 Å². The number of nitrogens with one attached hydrogen (secondary N) is 2. The molecule has 0 aromatic heterocycles. The predicted molar refractivity (Wildman–Crippen MR) is 136 cm³/mol. The van der Waals surface area contributed by atoms with Gasteiger partial charge in [0.25, 0.3) is 0 Å². The molecule has 5 nitrogen and oxygen atoms in total. The Hall–Kier alpha value is -1.87. The third-order valence-corrected chi connectivity index (χ3v) is 5.65. The topological polar surface area (TPSA) is 48.9 Å². The van der Waals surface area contributed by atoms with Gasteiger partial charge >= 0.3 is 0 Å². The van der Waals surface area contributed by atoms with Crippen LogP contribution in [0.25, 0.3) is 0 Å². The lowest BCUT2D eigenvalue weighted by molar-refractivity contribution is 0.198. The molecular formula is C24H34FIN4O. The molecule has 1 aliphatic rings. The van der Waals surface area contributed by atoms with Crippen LogP contribution < -0.4 is 15.4 Å². The van der Waals surface area contributed by atoms with Gasteiger partial charge < -0.3 is 15.4 Å². The number of hydrogen-bond acceptors (Lipinski definition) is 3. The Morgan fingerprint density at radius 1 is 1.13 bits per heavy atom. The Labute approximate surface area is 202 Å². The van der Waals surface area contributed by atoms with Crippen LogP contribution in [0.3, 0.4) is 0 Å². The van der Waals surface area contributed by atoms with Gasteiger partial charge in [-0.2, -0.15) is 0 Å². The number of methoxy groups -OCH3 is 1. The number of hydrogen-bond donors (Lipinski definition) is 2. The summed E-state index contributed by atoms with van der Waals surface area (Å²) in [6, 6.07) is 13.6. The van der Waals surface area contributed by atoms with Crippen molar-refractivity contribution in [3.63, 3.8) is 0 Å². The van der Waals surface area contributed by atoms with Crippen molar-refractivity contribution in [2.24, 2.45) is 4.99 Å². The van der Waals surface area contributed by atoms with Gasteiger partial charge in [-0.1, -0.05) is 24.3 Å². The highest BCUT2D eigenvalue weighted by Gasteiger charge is 2.20. The molecular weight excluding hydrogens is 506 g/mol. The van der Waals surface area contributed by atoms with E-state index in [1.807, 2.05) is 19.2 Å². The van der Waals surface area contributed by atoms with E-state index in [1.54, 1.807) is 7.11 Å². The zero-order valence-electron chi connectivity index (χ0n) is 18.7. The highest BCUT2D eigenvalue weighted by molar-refractivity contribution is 14.0. The summed E-state index contributed by atoms with van der Waals surface area (Å²) in [6.07, 6.45) is 3.04. The molecule has 0 radical (unpaired) electrons. The first-order chi connectivity index (χ1) is 14.6. The van der Waals surface area contributed by atoms with Crippen molar-refractivity contribution in [3.8, 4) is 5.75 Å². The van der Waals surface area contributed by atoms with Gasteiger partial charge in [-0.05, 0) is 61.1 Å². The van der Waals surface area contributed by atoms with Crippen molar-refractivity contribution in [1.82, 2.24) is 15.5 Å². The van der Waals surface area contributed by atoms with Crippen LogP contribution >= 0.6 is 24.0 Å². The minimum Gasteiger partial charge on any atom is -0.496 e. The maximum absolute atomic E-state index is 13.1. The first-order valence-electron chi connectivity index (χ1n) is 10.6. The summed E-state index contributed by atoms with van der Waals surface area (Å²) in [4.78, 5) is 6.80. The summed E-state index contributed by atoms with van der Waals surface area (Å²) in [5.74, 6) is 1.61. The molecule has 1 saturated heterocycles. The zero-order valence-corrected chi connectivity index (χ0v) is 21.0. The van der Waals surface area contributed by atoms with E-state index in [-0.39, 0.29) is 29.8 Å². The van der Waals surface area contributed by atoms with Crippen LogP contribution in [0.5, 0.6) is 5.75 Å². The molecule has 0 unspecified atom stereocenters. The molecule has 0 amide bonds. The third-order valence-electron chi connectivity index (χ3n) is 5.65. The Kier molecular flexibility index (Phi) is 10.5. The van der Waals surface area contributed by atoms with Crippen LogP contribution in [-0.4, -0.2) is 50.7 Å². The summed E-state index contributed by atoms with van der Waals surface area (Å²) >= 11 is 0. The van der Waals surface area contributed by atoms with Gasteiger partial charge in [0.05, 0.1) is 7.11 Å². The summed E-state index contributed by atoms with van der Waals surface area (Å²) in [7, 11) is 3.52. The molecule has 2 N–H and O–H groups in total. The largest absolute Gasteiger partial charge is 0.496 e. The van der Waals surface area contributed by atoms with Crippen LogP contribution in [0.2, 0.25) is 0 Å². The number of piperidine rings is 1. The first kappa shape index (κ1) is 25.4. The molecule has 0 saturated carbocycles. The highest BCUT2D eigenvalue weighted by Crippen LogP contribution is 2.19. The Morgan fingerprint density at radius 2 is 1.81 bits per heavy atom. The normalized spacial score (nSPS) is 15.3. The number of ether oxygens (including phenoxy) is 1. The molecule has 0 atom stereocenters. The number of rotatable bonds is 7. The average Bonchev–Trinajstić information content (AvgIpc) is 2.77. The van der Waals surface area contributed by atoms with E-state index in [0.29, 0.717) is 6.04 Å². The van der Waals surface area contributed by atoms with Crippen LogP contribution in [-0.2, 0) is 13.0 Å². The van der Waals surface area contributed by atoms with Gasteiger partial charge in [-0.3, -0.25) is 9.89 Å². The van der Waals surface area contributed by atoms with Crippen molar-refractivity contribution in [3.05, 3.63) is 65.0 Å². The Bertz CT molecular complexity index is 836. The minimum absolute atomic E-state index is 0. The number of benzene rings is 2. The maximum atomic E-state index is 13.1. The summed E-state index contributed by atoms with van der Waals surface area (Å²) < 4.78 is 18.5. The van der Waals surface area contributed by atoms with E-state index in [2.05, 4.69) is 45.6 Å². The lowest BCUT2D eigenvalue weighted by atomic mass is 10.0. The van der Waals surface area contributed by atoms with Crippen molar-refractivity contribution >= 4 is 29.9 Å². The molecule has 2 aromatic rings. The van der Waals surface area contributed by atoms with Crippen molar-refractivity contribution < 1.29 is 9.13 Å². The first-order valence-corrected chi connectivity index (χ1v) is 10.6. The fraction of sp³-hybridized carbons (Fsp3) is 0.458. The van der Waals surface area contributed by atoms with E-state index in [4.69, 9.17) is 4.74 Å². The summed E-state index contributed by atoms with van der Waals surface area (Å²) in [5.41, 5.74) is 3.56. The van der Waals surface area contributed by atoms with E-state index in [0.717, 1.165) is 68.3 Å². The number of aryl methyl sites for hydroxylation is 1. The monoisotopic (exact) mass is 540 g/mol. The molecule has 0 aliphatic carbocycles. The second-order valence-corrected chi connectivity index (χ2v) is 7.87. The van der Waals surface area contributed by atoms with Gasteiger partial charge in [0.2, 0.25) is 0 Å². The summed E-state index contributed by atoms with van der Waals surface area (Å²) in [5, 5.41) is 6.98. The van der Waals surface area contributed by atoms with Gasteiger partial charge in [-0.25, -0.2) is 4.39 Å². The van der Waals surface area contributed by atoms with Crippen molar-refractivity contribution in [2.45, 2.75) is 38.8 Å².